The summed E-state index contributed by atoms with van der Waals surface area (Å²) in [4.78, 5) is 2.85. The minimum atomic E-state index is 0.781. The summed E-state index contributed by atoms with van der Waals surface area (Å²) in [6, 6.07) is 1.64. The molecule has 0 bridgehead atoms. The van der Waals surface area contributed by atoms with Gasteiger partial charge in [0.1, 0.15) is 0 Å². The van der Waals surface area contributed by atoms with Gasteiger partial charge < -0.3 is 10.2 Å². The van der Waals surface area contributed by atoms with Gasteiger partial charge in [0, 0.05) is 18.6 Å². The zero-order valence-electron chi connectivity index (χ0n) is 13.9. The van der Waals surface area contributed by atoms with Crippen molar-refractivity contribution in [2.24, 2.45) is 5.92 Å². The van der Waals surface area contributed by atoms with E-state index in [1.165, 1.54) is 77.3 Å². The zero-order chi connectivity index (χ0) is 14.2. The zero-order valence-corrected chi connectivity index (χ0v) is 13.9. The van der Waals surface area contributed by atoms with Gasteiger partial charge in [-0.3, -0.25) is 0 Å². The molecule has 0 aromatic heterocycles. The van der Waals surface area contributed by atoms with Gasteiger partial charge in [-0.05, 0) is 51.1 Å². The van der Waals surface area contributed by atoms with Crippen LogP contribution in [-0.4, -0.2) is 36.6 Å². The quantitative estimate of drug-likeness (QED) is 0.759. The topological polar surface area (TPSA) is 15.3 Å². The Morgan fingerprint density at radius 3 is 2.45 bits per heavy atom. The van der Waals surface area contributed by atoms with Crippen molar-refractivity contribution >= 4 is 0 Å². The van der Waals surface area contributed by atoms with Crippen LogP contribution in [0.1, 0.15) is 78.1 Å². The van der Waals surface area contributed by atoms with Gasteiger partial charge in [0.25, 0.3) is 0 Å². The standard InChI is InChI=1S/C18H36N2/c1-3-17-12-8-6-10-14-20(17)15-16-11-7-5-9-13-18(16)19-4-2/h16-19H,3-15H2,1-2H3. The molecule has 2 heteroatoms. The van der Waals surface area contributed by atoms with Crippen LogP contribution in [0.5, 0.6) is 0 Å². The molecule has 1 saturated heterocycles. The maximum absolute atomic E-state index is 3.79. The minimum Gasteiger partial charge on any atom is -0.314 e. The Bertz CT molecular complexity index is 254. The third kappa shape index (κ3) is 4.73. The Balaban J connectivity index is 1.95. The van der Waals surface area contributed by atoms with Gasteiger partial charge in [0.15, 0.2) is 0 Å². The summed E-state index contributed by atoms with van der Waals surface area (Å²) < 4.78 is 0. The summed E-state index contributed by atoms with van der Waals surface area (Å²) in [7, 11) is 0. The molecular formula is C18H36N2. The second kappa shape index (κ2) is 9.04. The maximum atomic E-state index is 3.79. The molecule has 1 N–H and O–H groups in total. The predicted octanol–water partition coefficient (Wildman–Crippen LogP) is 4.20. The molecule has 1 saturated carbocycles. The van der Waals surface area contributed by atoms with Crippen LogP contribution in [0.3, 0.4) is 0 Å². The lowest BCUT2D eigenvalue weighted by molar-refractivity contribution is 0.143. The fourth-order valence-electron chi connectivity index (χ4n) is 4.37. The van der Waals surface area contributed by atoms with Crippen LogP contribution in [0.4, 0.5) is 0 Å². The molecule has 3 atom stereocenters. The Hall–Kier alpha value is -0.0800. The molecule has 0 aromatic carbocycles. The Labute approximate surface area is 126 Å². The number of likely N-dealkylation sites (tertiary alicyclic amines) is 1. The molecule has 0 aromatic rings. The van der Waals surface area contributed by atoms with Gasteiger partial charge in [0.05, 0.1) is 0 Å². The largest absolute Gasteiger partial charge is 0.314 e. The summed E-state index contributed by atoms with van der Waals surface area (Å²) in [6.45, 7) is 8.50. The third-order valence-corrected chi connectivity index (χ3v) is 5.56. The van der Waals surface area contributed by atoms with E-state index in [1.807, 2.05) is 0 Å². The number of hydrogen-bond acceptors (Lipinski definition) is 2. The van der Waals surface area contributed by atoms with Crippen LogP contribution >= 0.6 is 0 Å². The average molecular weight is 280 g/mol. The molecule has 0 amide bonds. The van der Waals surface area contributed by atoms with Gasteiger partial charge in [0.2, 0.25) is 0 Å². The van der Waals surface area contributed by atoms with Crippen molar-refractivity contribution in [2.45, 2.75) is 90.1 Å². The normalized spacial score (nSPS) is 33.6. The fraction of sp³-hybridized carbons (Fsp3) is 1.00. The van der Waals surface area contributed by atoms with Crippen LogP contribution < -0.4 is 5.32 Å². The summed E-state index contributed by atoms with van der Waals surface area (Å²) in [5, 5.41) is 3.79. The molecule has 2 fully saturated rings. The molecule has 1 aliphatic heterocycles. The van der Waals surface area contributed by atoms with Crippen molar-refractivity contribution in [1.82, 2.24) is 10.2 Å². The van der Waals surface area contributed by atoms with Crippen LogP contribution in [-0.2, 0) is 0 Å². The molecular weight excluding hydrogens is 244 g/mol. The molecule has 3 unspecified atom stereocenters. The van der Waals surface area contributed by atoms with E-state index in [2.05, 4.69) is 24.1 Å². The van der Waals surface area contributed by atoms with Crippen molar-refractivity contribution in [3.05, 3.63) is 0 Å². The van der Waals surface area contributed by atoms with E-state index >= 15 is 0 Å². The van der Waals surface area contributed by atoms with E-state index in [1.54, 1.807) is 0 Å². The molecule has 0 radical (unpaired) electrons. The van der Waals surface area contributed by atoms with E-state index in [9.17, 15) is 0 Å². The van der Waals surface area contributed by atoms with Gasteiger partial charge in [-0.1, -0.05) is 46.0 Å². The summed E-state index contributed by atoms with van der Waals surface area (Å²) in [6.07, 6.45) is 14.3. The first kappa shape index (κ1) is 16.3. The Kier molecular flexibility index (Phi) is 7.37. The highest BCUT2D eigenvalue weighted by molar-refractivity contribution is 4.84. The van der Waals surface area contributed by atoms with Crippen LogP contribution in [0.2, 0.25) is 0 Å². The van der Waals surface area contributed by atoms with Crippen LogP contribution in [0, 0.1) is 5.92 Å². The second-order valence-electron chi connectivity index (χ2n) is 6.97. The number of nitrogens with one attached hydrogen (secondary N) is 1. The van der Waals surface area contributed by atoms with Gasteiger partial charge in [-0.15, -0.1) is 0 Å². The summed E-state index contributed by atoms with van der Waals surface area (Å²) >= 11 is 0. The molecule has 20 heavy (non-hydrogen) atoms. The van der Waals surface area contributed by atoms with Crippen molar-refractivity contribution in [3.8, 4) is 0 Å². The molecule has 1 aliphatic carbocycles. The number of rotatable bonds is 5. The highest BCUT2D eigenvalue weighted by Crippen LogP contribution is 2.27. The Morgan fingerprint density at radius 2 is 1.65 bits per heavy atom. The highest BCUT2D eigenvalue weighted by atomic mass is 15.2. The van der Waals surface area contributed by atoms with Crippen molar-refractivity contribution in [2.75, 3.05) is 19.6 Å². The first-order chi connectivity index (χ1) is 9.85. The molecule has 2 aliphatic rings. The van der Waals surface area contributed by atoms with Crippen LogP contribution in [0.25, 0.3) is 0 Å². The first-order valence-electron chi connectivity index (χ1n) is 9.32. The highest BCUT2D eigenvalue weighted by Gasteiger charge is 2.28. The van der Waals surface area contributed by atoms with Gasteiger partial charge >= 0.3 is 0 Å². The lowest BCUT2D eigenvalue weighted by Gasteiger charge is -2.35. The van der Waals surface area contributed by atoms with Crippen molar-refractivity contribution in [3.63, 3.8) is 0 Å². The van der Waals surface area contributed by atoms with Gasteiger partial charge in [-0.25, -0.2) is 0 Å². The smallest absolute Gasteiger partial charge is 0.0107 e. The molecule has 1 heterocycles. The lowest BCUT2D eigenvalue weighted by Crippen LogP contribution is -2.45. The number of hydrogen-bond donors (Lipinski definition) is 1. The van der Waals surface area contributed by atoms with Crippen LogP contribution in [0.15, 0.2) is 0 Å². The van der Waals surface area contributed by atoms with Crippen molar-refractivity contribution < 1.29 is 0 Å². The first-order valence-corrected chi connectivity index (χ1v) is 9.32. The summed E-state index contributed by atoms with van der Waals surface area (Å²) in [5.41, 5.74) is 0. The third-order valence-electron chi connectivity index (χ3n) is 5.56. The van der Waals surface area contributed by atoms with E-state index in [4.69, 9.17) is 0 Å². The predicted molar refractivity (Wildman–Crippen MR) is 88.2 cm³/mol. The maximum Gasteiger partial charge on any atom is 0.0107 e. The van der Waals surface area contributed by atoms with Crippen molar-refractivity contribution in [1.29, 1.82) is 0 Å². The minimum absolute atomic E-state index is 0.781. The van der Waals surface area contributed by atoms with Gasteiger partial charge in [-0.2, -0.15) is 0 Å². The van der Waals surface area contributed by atoms with E-state index in [-0.39, 0.29) is 0 Å². The molecule has 2 nitrogen and oxygen atoms in total. The fourth-order valence-corrected chi connectivity index (χ4v) is 4.37. The Morgan fingerprint density at radius 1 is 0.900 bits per heavy atom. The molecule has 118 valence electrons. The monoisotopic (exact) mass is 280 g/mol. The lowest BCUT2D eigenvalue weighted by atomic mass is 9.93. The van der Waals surface area contributed by atoms with E-state index in [0.29, 0.717) is 0 Å². The second-order valence-corrected chi connectivity index (χ2v) is 6.97. The molecule has 2 rings (SSSR count). The number of nitrogens with zero attached hydrogens (tertiary/aromatic N) is 1. The average Bonchev–Trinajstić information content (AvgIpc) is 2.81. The SMILES string of the molecule is CCNC1CCCCCC1CN1CCCCCC1CC. The summed E-state index contributed by atoms with van der Waals surface area (Å²) in [5.74, 6) is 0.893. The van der Waals surface area contributed by atoms with E-state index in [0.717, 1.165) is 24.5 Å². The molecule has 0 spiro atoms. The van der Waals surface area contributed by atoms with E-state index < -0.39 is 0 Å².